The summed E-state index contributed by atoms with van der Waals surface area (Å²) in [6, 6.07) is 13.4. The van der Waals surface area contributed by atoms with E-state index < -0.39 is 47.2 Å². The lowest BCUT2D eigenvalue weighted by atomic mass is 9.90. The van der Waals surface area contributed by atoms with Gasteiger partial charge in [-0.3, -0.25) is 4.39 Å². The molecule has 0 amide bonds. The summed E-state index contributed by atoms with van der Waals surface area (Å²) in [5.74, 6) is -1.91. The van der Waals surface area contributed by atoms with Gasteiger partial charge >= 0.3 is 0 Å². The molecule has 1 nitrogen and oxygen atoms in total. The number of rotatable bonds is 6. The van der Waals surface area contributed by atoms with Crippen molar-refractivity contribution in [2.75, 3.05) is 13.3 Å². The fraction of sp³-hybridized carbons (Fsp3) is 0.133. The summed E-state index contributed by atoms with van der Waals surface area (Å²) in [7, 11) is 0. The van der Waals surface area contributed by atoms with E-state index in [0.717, 1.165) is 18.2 Å². The van der Waals surface area contributed by atoms with E-state index in [1.165, 1.54) is 18.2 Å². The summed E-state index contributed by atoms with van der Waals surface area (Å²) in [5, 5.41) is -0.112. The van der Waals surface area contributed by atoms with Crippen LogP contribution in [0.15, 0.2) is 72.8 Å². The Bertz CT molecular complexity index is 1520. The van der Waals surface area contributed by atoms with Crippen LogP contribution in [0.5, 0.6) is 5.75 Å². The molecule has 37 heavy (non-hydrogen) atoms. The number of hydrogen-bond acceptors (Lipinski definition) is 1. The largest absolute Gasteiger partial charge is 0.489 e. The Hall–Kier alpha value is -4.18. The number of halogens is 6. The first-order valence-corrected chi connectivity index (χ1v) is 11.3. The van der Waals surface area contributed by atoms with Crippen molar-refractivity contribution in [3.8, 4) is 17.6 Å². The molecule has 0 heterocycles. The first kappa shape index (κ1) is 25.9. The van der Waals surface area contributed by atoms with Crippen LogP contribution in [-0.2, 0) is 0 Å². The second-order valence-corrected chi connectivity index (χ2v) is 8.16. The van der Waals surface area contributed by atoms with E-state index in [9.17, 15) is 26.3 Å². The predicted octanol–water partition coefficient (Wildman–Crippen LogP) is 7.99. The zero-order valence-corrected chi connectivity index (χ0v) is 19.6. The summed E-state index contributed by atoms with van der Waals surface area (Å²) >= 11 is 0. The molecule has 4 aromatic rings. The van der Waals surface area contributed by atoms with Gasteiger partial charge in [0.2, 0.25) is 0 Å². The smallest absolute Gasteiger partial charge is 0.195 e. The van der Waals surface area contributed by atoms with Crippen LogP contribution in [0.1, 0.15) is 35.1 Å². The summed E-state index contributed by atoms with van der Waals surface area (Å²) < 4.78 is 90.6. The minimum atomic E-state index is -1.59. The van der Waals surface area contributed by atoms with Crippen LogP contribution in [0.2, 0.25) is 0 Å². The van der Waals surface area contributed by atoms with Gasteiger partial charge in [-0.2, -0.15) is 0 Å². The Morgan fingerprint density at radius 3 is 2.27 bits per heavy atom. The molecule has 7 heteroatoms. The molecule has 0 aliphatic carbocycles. The maximum Gasteiger partial charge on any atom is 0.195 e. The van der Waals surface area contributed by atoms with Crippen LogP contribution in [-0.4, -0.2) is 13.3 Å². The molecule has 4 aromatic carbocycles. The van der Waals surface area contributed by atoms with Gasteiger partial charge in [0.1, 0.15) is 30.7 Å². The molecule has 0 spiro atoms. The SMILES string of the molecule is C/C=C/COc1ccccc1C(CF)c1cc(F)c(C#Cc2ccc3c(F)c(F)c(F)cc3c2)c(F)c1. The number of benzene rings is 4. The van der Waals surface area contributed by atoms with Crippen LogP contribution in [0.25, 0.3) is 10.8 Å². The standard InChI is InChI=1S/C30H20F6O/c1-2-3-12-37-28-7-5-4-6-22(28)24(17-31)20-14-25(32)23(26(33)15-20)11-9-18-8-10-21-19(13-18)16-27(34)30(36)29(21)35/h2-8,10,13-16,24H,12,17H2,1H3/b3-2+. The Labute approximate surface area is 210 Å². The average Bonchev–Trinajstić information content (AvgIpc) is 2.88. The minimum Gasteiger partial charge on any atom is -0.489 e. The van der Waals surface area contributed by atoms with Gasteiger partial charge in [-0.15, -0.1) is 0 Å². The molecule has 0 radical (unpaired) electrons. The molecule has 0 N–H and O–H groups in total. The highest BCUT2D eigenvalue weighted by Crippen LogP contribution is 2.34. The monoisotopic (exact) mass is 510 g/mol. The number of alkyl halides is 1. The minimum absolute atomic E-state index is 0.0422. The Balaban J connectivity index is 1.67. The van der Waals surface area contributed by atoms with Gasteiger partial charge in [-0.1, -0.05) is 48.3 Å². The first-order valence-electron chi connectivity index (χ1n) is 11.3. The van der Waals surface area contributed by atoms with Crippen molar-refractivity contribution >= 4 is 10.8 Å². The van der Waals surface area contributed by atoms with Crippen molar-refractivity contribution in [2.45, 2.75) is 12.8 Å². The maximum atomic E-state index is 14.9. The topological polar surface area (TPSA) is 9.23 Å². The van der Waals surface area contributed by atoms with Gasteiger partial charge in [0.25, 0.3) is 0 Å². The Morgan fingerprint density at radius 1 is 0.838 bits per heavy atom. The van der Waals surface area contributed by atoms with E-state index in [1.54, 1.807) is 36.4 Å². The maximum absolute atomic E-state index is 14.9. The molecule has 1 atom stereocenters. The van der Waals surface area contributed by atoms with Crippen LogP contribution in [0.4, 0.5) is 26.3 Å². The Kier molecular flexibility index (Phi) is 7.88. The van der Waals surface area contributed by atoms with E-state index in [0.29, 0.717) is 11.3 Å². The molecule has 0 aliphatic heterocycles. The summed E-state index contributed by atoms with van der Waals surface area (Å²) in [6.45, 7) is 1.17. The highest BCUT2D eigenvalue weighted by Gasteiger charge is 2.22. The lowest BCUT2D eigenvalue weighted by Crippen LogP contribution is -2.08. The van der Waals surface area contributed by atoms with E-state index in [1.807, 2.05) is 6.92 Å². The Morgan fingerprint density at radius 2 is 1.57 bits per heavy atom. The third kappa shape index (κ3) is 5.49. The fourth-order valence-corrected chi connectivity index (χ4v) is 3.92. The number of ether oxygens (including phenoxy) is 1. The zero-order valence-electron chi connectivity index (χ0n) is 19.6. The average molecular weight is 510 g/mol. The van der Waals surface area contributed by atoms with Crippen LogP contribution in [0.3, 0.4) is 0 Å². The molecule has 4 rings (SSSR count). The van der Waals surface area contributed by atoms with Gasteiger partial charge in [0.15, 0.2) is 17.5 Å². The lowest BCUT2D eigenvalue weighted by Gasteiger charge is -2.19. The molecular weight excluding hydrogens is 490 g/mol. The molecule has 0 bridgehead atoms. The third-order valence-corrected chi connectivity index (χ3v) is 5.79. The second-order valence-electron chi connectivity index (χ2n) is 8.16. The molecule has 0 aromatic heterocycles. The van der Waals surface area contributed by atoms with Gasteiger partial charge < -0.3 is 4.74 Å². The highest BCUT2D eigenvalue weighted by atomic mass is 19.2. The quantitative estimate of drug-likeness (QED) is 0.111. The van der Waals surface area contributed by atoms with E-state index in [2.05, 4.69) is 11.8 Å². The van der Waals surface area contributed by atoms with Gasteiger partial charge in [-0.25, -0.2) is 22.0 Å². The van der Waals surface area contributed by atoms with Crippen molar-refractivity contribution in [1.82, 2.24) is 0 Å². The van der Waals surface area contributed by atoms with Gasteiger partial charge in [-0.05, 0) is 54.3 Å². The van der Waals surface area contributed by atoms with E-state index >= 15 is 0 Å². The predicted molar refractivity (Wildman–Crippen MR) is 131 cm³/mol. The molecule has 0 saturated heterocycles. The van der Waals surface area contributed by atoms with Crippen LogP contribution < -0.4 is 4.74 Å². The number of hydrogen-bond donors (Lipinski definition) is 0. The van der Waals surface area contributed by atoms with E-state index in [4.69, 9.17) is 4.74 Å². The van der Waals surface area contributed by atoms with Gasteiger partial charge in [0.05, 0.1) is 5.56 Å². The third-order valence-electron chi connectivity index (χ3n) is 5.79. The second kappa shape index (κ2) is 11.3. The molecule has 1 unspecified atom stereocenters. The summed E-state index contributed by atoms with van der Waals surface area (Å²) in [5.41, 5.74) is 0.174. The van der Waals surface area contributed by atoms with Crippen molar-refractivity contribution in [2.24, 2.45) is 0 Å². The summed E-state index contributed by atoms with van der Waals surface area (Å²) in [6.07, 6.45) is 3.57. The first-order chi connectivity index (χ1) is 17.8. The van der Waals surface area contributed by atoms with Crippen molar-refractivity contribution < 1.29 is 31.1 Å². The van der Waals surface area contributed by atoms with Gasteiger partial charge in [0, 0.05) is 22.4 Å². The van der Waals surface area contributed by atoms with Crippen LogP contribution in [0, 0.1) is 40.9 Å². The number of allylic oxidation sites excluding steroid dienone is 1. The molecular formula is C30H20F6O. The molecule has 0 saturated carbocycles. The highest BCUT2D eigenvalue weighted by molar-refractivity contribution is 5.84. The van der Waals surface area contributed by atoms with Crippen molar-refractivity contribution in [3.63, 3.8) is 0 Å². The molecule has 0 fully saturated rings. The normalized spacial score (nSPS) is 12.0. The lowest BCUT2D eigenvalue weighted by molar-refractivity contribution is 0.352. The zero-order chi connectivity index (χ0) is 26.5. The number of para-hydroxylation sites is 1. The van der Waals surface area contributed by atoms with Crippen LogP contribution >= 0.6 is 0 Å². The fourth-order valence-electron chi connectivity index (χ4n) is 3.92. The number of fused-ring (bicyclic) bond motifs is 1. The molecule has 188 valence electrons. The van der Waals surface area contributed by atoms with E-state index in [-0.39, 0.29) is 28.5 Å². The summed E-state index contributed by atoms with van der Waals surface area (Å²) in [4.78, 5) is 0. The van der Waals surface area contributed by atoms with Crippen molar-refractivity contribution in [1.29, 1.82) is 0 Å². The van der Waals surface area contributed by atoms with Crippen molar-refractivity contribution in [3.05, 3.63) is 124 Å². The molecule has 0 aliphatic rings.